The van der Waals surface area contributed by atoms with Gasteiger partial charge >= 0.3 is 0 Å². The van der Waals surface area contributed by atoms with Crippen molar-refractivity contribution in [3.05, 3.63) is 33.3 Å². The van der Waals surface area contributed by atoms with Crippen molar-refractivity contribution >= 4 is 27.5 Å². The van der Waals surface area contributed by atoms with Crippen molar-refractivity contribution < 1.29 is 0 Å². The van der Waals surface area contributed by atoms with Crippen molar-refractivity contribution in [3.63, 3.8) is 0 Å². The minimum atomic E-state index is 0.580. The van der Waals surface area contributed by atoms with E-state index in [9.17, 15) is 0 Å². The second-order valence-electron chi connectivity index (χ2n) is 4.53. The van der Waals surface area contributed by atoms with Crippen LogP contribution in [0.5, 0.6) is 0 Å². The molecule has 96 valence electrons. The number of unbranched alkanes of at least 4 members (excludes halogenated alkanes) is 2. The van der Waals surface area contributed by atoms with Gasteiger partial charge in [0.15, 0.2) is 0 Å². The summed E-state index contributed by atoms with van der Waals surface area (Å²) in [6, 6.07) is 6.66. The Morgan fingerprint density at radius 1 is 1.35 bits per heavy atom. The fraction of sp³-hybridized carbons (Fsp3) is 0.571. The number of hydrogen-bond acceptors (Lipinski definition) is 1. The Bertz CT molecular complexity index is 341. The van der Waals surface area contributed by atoms with E-state index >= 15 is 0 Å². The van der Waals surface area contributed by atoms with E-state index in [4.69, 9.17) is 11.6 Å². The zero-order valence-electron chi connectivity index (χ0n) is 10.6. The van der Waals surface area contributed by atoms with Gasteiger partial charge in [0.2, 0.25) is 0 Å². The first-order valence-corrected chi connectivity index (χ1v) is 7.48. The van der Waals surface area contributed by atoms with Gasteiger partial charge in [0.1, 0.15) is 0 Å². The maximum absolute atomic E-state index is 5.96. The smallest absolute Gasteiger partial charge is 0.0548 e. The van der Waals surface area contributed by atoms with Crippen LogP contribution in [-0.2, 0) is 6.54 Å². The van der Waals surface area contributed by atoms with Crippen LogP contribution in [0.15, 0.2) is 22.7 Å². The molecule has 0 bridgehead atoms. The Morgan fingerprint density at radius 3 is 2.76 bits per heavy atom. The SMILES string of the molecule is CCCCCC(C)NCc1ccc(Cl)c(Br)c1. The zero-order chi connectivity index (χ0) is 12.7. The molecule has 0 aromatic heterocycles. The van der Waals surface area contributed by atoms with E-state index in [1.165, 1.54) is 31.2 Å². The fourth-order valence-corrected chi connectivity index (χ4v) is 2.29. The van der Waals surface area contributed by atoms with Gasteiger partial charge in [-0.1, -0.05) is 43.9 Å². The van der Waals surface area contributed by atoms with Gasteiger partial charge in [0.05, 0.1) is 5.02 Å². The topological polar surface area (TPSA) is 12.0 Å². The Balaban J connectivity index is 2.31. The van der Waals surface area contributed by atoms with Crippen molar-refractivity contribution in [2.24, 2.45) is 0 Å². The summed E-state index contributed by atoms with van der Waals surface area (Å²) < 4.78 is 0.970. The standard InChI is InChI=1S/C14H21BrClN/c1-3-4-5-6-11(2)17-10-12-7-8-14(16)13(15)9-12/h7-9,11,17H,3-6,10H2,1-2H3. The highest BCUT2D eigenvalue weighted by Crippen LogP contribution is 2.23. The molecule has 1 aromatic rings. The van der Waals surface area contributed by atoms with Crippen LogP contribution in [0.3, 0.4) is 0 Å². The Kier molecular flexibility index (Phi) is 7.17. The molecule has 3 heteroatoms. The van der Waals surface area contributed by atoms with Gasteiger partial charge in [0.25, 0.3) is 0 Å². The third kappa shape index (κ3) is 5.89. The van der Waals surface area contributed by atoms with Crippen molar-refractivity contribution in [2.45, 2.75) is 52.1 Å². The average Bonchev–Trinajstić information content (AvgIpc) is 2.31. The molecule has 1 rings (SSSR count). The van der Waals surface area contributed by atoms with Crippen LogP contribution >= 0.6 is 27.5 Å². The number of nitrogens with one attached hydrogen (secondary N) is 1. The third-order valence-corrected chi connectivity index (χ3v) is 4.09. The van der Waals surface area contributed by atoms with E-state index in [1.54, 1.807) is 0 Å². The van der Waals surface area contributed by atoms with E-state index in [-0.39, 0.29) is 0 Å². The highest BCUT2D eigenvalue weighted by Gasteiger charge is 2.03. The highest BCUT2D eigenvalue weighted by atomic mass is 79.9. The van der Waals surface area contributed by atoms with Crippen molar-refractivity contribution in [2.75, 3.05) is 0 Å². The molecule has 0 aliphatic heterocycles. The Morgan fingerprint density at radius 2 is 2.12 bits per heavy atom. The predicted molar refractivity (Wildman–Crippen MR) is 79.6 cm³/mol. The highest BCUT2D eigenvalue weighted by molar-refractivity contribution is 9.10. The summed E-state index contributed by atoms with van der Waals surface area (Å²) in [6.07, 6.45) is 5.19. The lowest BCUT2D eigenvalue weighted by Gasteiger charge is -2.13. The second-order valence-corrected chi connectivity index (χ2v) is 5.79. The van der Waals surface area contributed by atoms with Gasteiger partial charge in [-0.2, -0.15) is 0 Å². The molecule has 1 nitrogen and oxygen atoms in total. The molecular weight excluding hydrogens is 298 g/mol. The number of halogens is 2. The molecule has 17 heavy (non-hydrogen) atoms. The van der Waals surface area contributed by atoms with Crippen LogP contribution in [-0.4, -0.2) is 6.04 Å². The van der Waals surface area contributed by atoms with Crippen LogP contribution in [0, 0.1) is 0 Å². The molecule has 0 heterocycles. The first-order valence-electron chi connectivity index (χ1n) is 6.30. The van der Waals surface area contributed by atoms with Crippen LogP contribution in [0.1, 0.15) is 45.1 Å². The Hall–Kier alpha value is -0.0500. The van der Waals surface area contributed by atoms with Crippen LogP contribution < -0.4 is 5.32 Å². The summed E-state index contributed by atoms with van der Waals surface area (Å²) in [5, 5.41) is 4.31. The molecule has 1 unspecified atom stereocenters. The monoisotopic (exact) mass is 317 g/mol. The molecular formula is C14H21BrClN. The molecule has 0 radical (unpaired) electrons. The second kappa shape index (κ2) is 8.12. The van der Waals surface area contributed by atoms with Crippen LogP contribution in [0.4, 0.5) is 0 Å². The maximum atomic E-state index is 5.96. The van der Waals surface area contributed by atoms with E-state index in [0.29, 0.717) is 6.04 Å². The molecule has 1 N–H and O–H groups in total. The van der Waals surface area contributed by atoms with Crippen molar-refractivity contribution in [3.8, 4) is 0 Å². The van der Waals surface area contributed by atoms with Gasteiger partial charge in [-0.3, -0.25) is 0 Å². The van der Waals surface area contributed by atoms with Crippen molar-refractivity contribution in [1.82, 2.24) is 5.32 Å². The lowest BCUT2D eigenvalue weighted by atomic mass is 10.1. The minimum Gasteiger partial charge on any atom is -0.310 e. The zero-order valence-corrected chi connectivity index (χ0v) is 12.9. The molecule has 0 saturated heterocycles. The lowest BCUT2D eigenvalue weighted by Crippen LogP contribution is -2.25. The maximum Gasteiger partial charge on any atom is 0.0548 e. The van der Waals surface area contributed by atoms with E-state index in [0.717, 1.165) is 16.0 Å². The number of rotatable bonds is 7. The molecule has 0 saturated carbocycles. The van der Waals surface area contributed by atoms with Crippen LogP contribution in [0.2, 0.25) is 5.02 Å². The molecule has 1 aromatic carbocycles. The van der Waals surface area contributed by atoms with E-state index in [2.05, 4.69) is 47.2 Å². The summed E-state index contributed by atoms with van der Waals surface area (Å²) in [4.78, 5) is 0. The molecule has 0 spiro atoms. The molecule has 0 amide bonds. The summed E-state index contributed by atoms with van der Waals surface area (Å²) in [7, 11) is 0. The number of hydrogen-bond donors (Lipinski definition) is 1. The van der Waals surface area contributed by atoms with Gasteiger partial charge in [-0.05, 0) is 47.0 Å². The van der Waals surface area contributed by atoms with Crippen LogP contribution in [0.25, 0.3) is 0 Å². The first-order chi connectivity index (χ1) is 8.13. The molecule has 1 atom stereocenters. The van der Waals surface area contributed by atoms with Gasteiger partial charge in [0, 0.05) is 17.1 Å². The summed E-state index contributed by atoms with van der Waals surface area (Å²) in [6.45, 7) is 5.40. The van der Waals surface area contributed by atoms with Gasteiger partial charge < -0.3 is 5.32 Å². The predicted octanol–water partition coefficient (Wildman–Crippen LogP) is 5.16. The van der Waals surface area contributed by atoms with Gasteiger partial charge in [-0.15, -0.1) is 0 Å². The minimum absolute atomic E-state index is 0.580. The quantitative estimate of drug-likeness (QED) is 0.685. The molecule has 0 aliphatic carbocycles. The molecule has 0 fully saturated rings. The van der Waals surface area contributed by atoms with Crippen molar-refractivity contribution in [1.29, 1.82) is 0 Å². The normalized spacial score (nSPS) is 12.7. The summed E-state index contributed by atoms with van der Waals surface area (Å²) in [5.74, 6) is 0. The first kappa shape index (κ1) is 15.0. The van der Waals surface area contributed by atoms with Gasteiger partial charge in [-0.25, -0.2) is 0 Å². The lowest BCUT2D eigenvalue weighted by molar-refractivity contribution is 0.487. The fourth-order valence-electron chi connectivity index (χ4n) is 1.74. The van der Waals surface area contributed by atoms with E-state index in [1.807, 2.05) is 6.07 Å². The molecule has 0 aliphatic rings. The van der Waals surface area contributed by atoms with E-state index < -0.39 is 0 Å². The summed E-state index contributed by atoms with van der Waals surface area (Å²) in [5.41, 5.74) is 1.27. The third-order valence-electron chi connectivity index (χ3n) is 2.88. The Labute approximate surface area is 118 Å². The average molecular weight is 319 g/mol. The largest absolute Gasteiger partial charge is 0.310 e. The number of benzene rings is 1. The summed E-state index contributed by atoms with van der Waals surface area (Å²) >= 11 is 9.41.